The minimum atomic E-state index is -0.00447. The highest BCUT2D eigenvalue weighted by Gasteiger charge is 2.34. The van der Waals surface area contributed by atoms with E-state index in [1.54, 1.807) is 0 Å². The summed E-state index contributed by atoms with van der Waals surface area (Å²) in [7, 11) is 2.27. The van der Waals surface area contributed by atoms with E-state index in [0.29, 0.717) is 5.76 Å². The molecule has 2 fully saturated rings. The Morgan fingerprint density at radius 2 is 2.11 bits per heavy atom. The minimum Gasteiger partial charge on any atom is -0.462 e. The second-order valence-electron chi connectivity index (χ2n) is 6.00. The molecule has 1 aromatic rings. The van der Waals surface area contributed by atoms with Crippen LogP contribution in [0.25, 0.3) is 0 Å². The first-order chi connectivity index (χ1) is 9.26. The zero-order chi connectivity index (χ0) is 13.2. The van der Waals surface area contributed by atoms with Gasteiger partial charge < -0.3 is 14.4 Å². The number of aliphatic hydroxyl groups is 1. The lowest BCUT2D eigenvalue weighted by molar-refractivity contribution is 0.0327. The van der Waals surface area contributed by atoms with E-state index in [9.17, 15) is 0 Å². The van der Waals surface area contributed by atoms with Gasteiger partial charge in [-0.25, -0.2) is 0 Å². The van der Waals surface area contributed by atoms with Crippen LogP contribution in [-0.2, 0) is 13.2 Å². The van der Waals surface area contributed by atoms with Crippen LogP contribution < -0.4 is 0 Å². The van der Waals surface area contributed by atoms with Gasteiger partial charge in [0.05, 0.1) is 6.54 Å². The first-order valence-corrected chi connectivity index (χ1v) is 7.37. The van der Waals surface area contributed by atoms with E-state index in [4.69, 9.17) is 9.52 Å². The summed E-state index contributed by atoms with van der Waals surface area (Å²) in [6.07, 6.45) is 3.97. The number of rotatable bonds is 3. The summed E-state index contributed by atoms with van der Waals surface area (Å²) in [5.41, 5.74) is 0. The molecule has 3 heterocycles. The van der Waals surface area contributed by atoms with E-state index < -0.39 is 0 Å². The molecule has 3 rings (SSSR count). The lowest BCUT2D eigenvalue weighted by Crippen LogP contribution is -2.52. The molecule has 4 heteroatoms. The number of nitrogens with zero attached hydrogens (tertiary/aromatic N) is 2. The molecule has 2 aliphatic heterocycles. The Morgan fingerprint density at radius 3 is 2.89 bits per heavy atom. The van der Waals surface area contributed by atoms with Gasteiger partial charge in [-0.15, -0.1) is 0 Å². The van der Waals surface area contributed by atoms with Gasteiger partial charge in [0.15, 0.2) is 0 Å². The fraction of sp³-hybridized carbons (Fsp3) is 0.733. The highest BCUT2D eigenvalue weighted by atomic mass is 16.4. The van der Waals surface area contributed by atoms with Crippen molar-refractivity contribution in [3.05, 3.63) is 23.7 Å². The van der Waals surface area contributed by atoms with Crippen molar-refractivity contribution in [3.63, 3.8) is 0 Å². The summed E-state index contributed by atoms with van der Waals surface area (Å²) < 4.78 is 5.59. The predicted molar refractivity (Wildman–Crippen MR) is 73.7 cm³/mol. The Balaban J connectivity index is 1.58. The first kappa shape index (κ1) is 13.2. The van der Waals surface area contributed by atoms with Crippen LogP contribution >= 0.6 is 0 Å². The van der Waals surface area contributed by atoms with E-state index >= 15 is 0 Å². The summed E-state index contributed by atoms with van der Waals surface area (Å²) in [4.78, 5) is 5.04. The van der Waals surface area contributed by atoms with Crippen LogP contribution in [0.15, 0.2) is 16.5 Å². The van der Waals surface area contributed by atoms with Gasteiger partial charge in [-0.3, -0.25) is 4.90 Å². The van der Waals surface area contributed by atoms with Crippen LogP contribution in [0.3, 0.4) is 0 Å². The van der Waals surface area contributed by atoms with Crippen LogP contribution in [0.2, 0.25) is 0 Å². The molecule has 2 aliphatic rings. The molecule has 1 aromatic heterocycles. The third-order valence-electron chi connectivity index (χ3n) is 4.68. The van der Waals surface area contributed by atoms with Gasteiger partial charge >= 0.3 is 0 Å². The van der Waals surface area contributed by atoms with Crippen molar-refractivity contribution in [2.24, 2.45) is 5.92 Å². The quantitative estimate of drug-likeness (QED) is 0.902. The molecule has 106 valence electrons. The molecule has 0 bridgehead atoms. The lowest BCUT2D eigenvalue weighted by Gasteiger charge is -2.45. The van der Waals surface area contributed by atoms with E-state index in [-0.39, 0.29) is 6.61 Å². The second-order valence-corrected chi connectivity index (χ2v) is 6.00. The van der Waals surface area contributed by atoms with Crippen LogP contribution in [0, 0.1) is 5.92 Å². The smallest absolute Gasteiger partial charge is 0.129 e. The molecular weight excluding hydrogens is 240 g/mol. The van der Waals surface area contributed by atoms with E-state index in [0.717, 1.165) is 30.8 Å². The van der Waals surface area contributed by atoms with Gasteiger partial charge in [0.25, 0.3) is 0 Å². The topological polar surface area (TPSA) is 39.9 Å². The molecule has 0 radical (unpaired) electrons. The van der Waals surface area contributed by atoms with E-state index in [2.05, 4.69) is 16.8 Å². The van der Waals surface area contributed by atoms with Gasteiger partial charge in [0.2, 0.25) is 0 Å². The molecule has 0 amide bonds. The number of likely N-dealkylation sites (tertiary alicyclic amines) is 2. The molecule has 1 N–H and O–H groups in total. The second kappa shape index (κ2) is 5.65. The average molecular weight is 264 g/mol. The molecular formula is C15H24N2O2. The standard InChI is InChI=1S/C15H24N2O2/c1-16-7-2-3-12-9-17(8-6-15(12)16)10-13-4-5-14(11-18)19-13/h4-5,12,15,18H,2-3,6-11H2,1H3. The summed E-state index contributed by atoms with van der Waals surface area (Å²) in [6.45, 7) is 4.48. The van der Waals surface area contributed by atoms with Crippen LogP contribution in [0.4, 0.5) is 0 Å². The Kier molecular flexibility index (Phi) is 3.91. The number of furan rings is 1. The highest BCUT2D eigenvalue weighted by Crippen LogP contribution is 2.30. The molecule has 19 heavy (non-hydrogen) atoms. The number of aliphatic hydroxyl groups excluding tert-OH is 1. The third kappa shape index (κ3) is 2.86. The maximum atomic E-state index is 9.03. The van der Waals surface area contributed by atoms with Gasteiger partial charge in [-0.05, 0) is 50.9 Å². The van der Waals surface area contributed by atoms with Gasteiger partial charge in [0.1, 0.15) is 18.1 Å². The van der Waals surface area contributed by atoms with Crippen molar-refractivity contribution < 1.29 is 9.52 Å². The highest BCUT2D eigenvalue weighted by molar-refractivity contribution is 5.06. The molecule has 2 atom stereocenters. The fourth-order valence-electron chi connectivity index (χ4n) is 3.68. The average Bonchev–Trinajstić information content (AvgIpc) is 2.86. The Morgan fingerprint density at radius 1 is 1.26 bits per heavy atom. The summed E-state index contributed by atoms with van der Waals surface area (Å²) >= 11 is 0. The minimum absolute atomic E-state index is 0.00447. The lowest BCUT2D eigenvalue weighted by atomic mass is 9.84. The van der Waals surface area contributed by atoms with E-state index in [1.165, 1.54) is 32.4 Å². The van der Waals surface area contributed by atoms with Crippen molar-refractivity contribution in [2.45, 2.75) is 38.5 Å². The number of hydrogen-bond acceptors (Lipinski definition) is 4. The zero-order valence-corrected chi connectivity index (χ0v) is 11.7. The van der Waals surface area contributed by atoms with Crippen molar-refractivity contribution in [1.82, 2.24) is 9.80 Å². The Bertz CT molecular complexity index is 418. The SMILES string of the molecule is CN1CCCC2CN(Cc3ccc(CO)o3)CCC21. The predicted octanol–water partition coefficient (Wildman–Crippen LogP) is 1.69. The molecule has 0 aliphatic carbocycles. The number of hydrogen-bond donors (Lipinski definition) is 1. The van der Waals surface area contributed by atoms with Gasteiger partial charge in [0, 0.05) is 19.1 Å². The van der Waals surface area contributed by atoms with Crippen LogP contribution in [0.5, 0.6) is 0 Å². The maximum absolute atomic E-state index is 9.03. The fourth-order valence-corrected chi connectivity index (χ4v) is 3.68. The monoisotopic (exact) mass is 264 g/mol. The number of piperidine rings is 2. The van der Waals surface area contributed by atoms with Crippen LogP contribution in [0.1, 0.15) is 30.8 Å². The summed E-state index contributed by atoms with van der Waals surface area (Å²) in [5, 5.41) is 9.03. The van der Waals surface area contributed by atoms with Crippen molar-refractivity contribution in [3.8, 4) is 0 Å². The normalized spacial score (nSPS) is 29.4. The van der Waals surface area contributed by atoms with Crippen LogP contribution in [-0.4, -0.2) is 47.6 Å². The molecule has 2 unspecified atom stereocenters. The van der Waals surface area contributed by atoms with Crippen molar-refractivity contribution in [2.75, 3.05) is 26.7 Å². The molecule has 0 spiro atoms. The van der Waals surface area contributed by atoms with E-state index in [1.807, 2.05) is 12.1 Å². The molecule has 2 saturated heterocycles. The molecule has 0 aromatic carbocycles. The van der Waals surface area contributed by atoms with Gasteiger partial charge in [-0.2, -0.15) is 0 Å². The molecule has 4 nitrogen and oxygen atoms in total. The third-order valence-corrected chi connectivity index (χ3v) is 4.68. The summed E-state index contributed by atoms with van der Waals surface area (Å²) in [6, 6.07) is 4.65. The summed E-state index contributed by atoms with van der Waals surface area (Å²) in [5.74, 6) is 2.47. The van der Waals surface area contributed by atoms with Gasteiger partial charge in [-0.1, -0.05) is 0 Å². The first-order valence-electron chi connectivity index (χ1n) is 7.37. The number of fused-ring (bicyclic) bond motifs is 1. The van der Waals surface area contributed by atoms with Crippen molar-refractivity contribution in [1.29, 1.82) is 0 Å². The Labute approximate surface area is 115 Å². The largest absolute Gasteiger partial charge is 0.462 e. The molecule has 0 saturated carbocycles. The zero-order valence-electron chi connectivity index (χ0n) is 11.7. The maximum Gasteiger partial charge on any atom is 0.129 e. The Hall–Kier alpha value is -0.840. The van der Waals surface area contributed by atoms with Crippen molar-refractivity contribution >= 4 is 0 Å².